The van der Waals surface area contributed by atoms with E-state index in [-0.39, 0.29) is 12.1 Å². The Bertz CT molecular complexity index is 1270. The predicted octanol–water partition coefficient (Wildman–Crippen LogP) is 5.41. The number of nitrogens with one attached hydrogen (secondary N) is 1. The fourth-order valence-corrected chi connectivity index (χ4v) is 3.42. The van der Waals surface area contributed by atoms with Crippen molar-refractivity contribution in [1.29, 1.82) is 0 Å². The van der Waals surface area contributed by atoms with Crippen molar-refractivity contribution in [3.05, 3.63) is 88.6 Å². The molecule has 0 aliphatic rings. The van der Waals surface area contributed by atoms with E-state index in [0.717, 1.165) is 17.7 Å². The Morgan fingerprint density at radius 3 is 2.52 bits per heavy atom. The normalized spacial score (nSPS) is 11.6. The molecular formula is C22H16ClF3N4O. The number of hydrogen-bond donors (Lipinski definition) is 2. The van der Waals surface area contributed by atoms with Gasteiger partial charge in [-0.05, 0) is 54.1 Å². The Kier molecular flexibility index (Phi) is 5.43. The smallest absolute Gasteiger partial charge is 0.326 e. The third kappa shape index (κ3) is 4.12. The van der Waals surface area contributed by atoms with E-state index in [0.29, 0.717) is 27.3 Å². The summed E-state index contributed by atoms with van der Waals surface area (Å²) in [4.78, 5) is 12.8. The van der Waals surface area contributed by atoms with E-state index in [9.17, 15) is 18.0 Å². The number of hydrogen-bond acceptors (Lipinski definition) is 3. The van der Waals surface area contributed by atoms with Crippen molar-refractivity contribution in [2.45, 2.75) is 12.7 Å². The first kappa shape index (κ1) is 20.9. The summed E-state index contributed by atoms with van der Waals surface area (Å²) in [6.45, 7) is 0.271. The van der Waals surface area contributed by atoms with E-state index in [4.69, 9.17) is 17.3 Å². The van der Waals surface area contributed by atoms with Gasteiger partial charge in [-0.1, -0.05) is 23.7 Å². The molecule has 0 bridgehead atoms. The summed E-state index contributed by atoms with van der Waals surface area (Å²) in [5.74, 6) is -0.407. The molecule has 0 spiro atoms. The lowest BCUT2D eigenvalue weighted by Gasteiger charge is -2.10. The van der Waals surface area contributed by atoms with Crippen LogP contribution in [-0.4, -0.2) is 15.7 Å². The molecule has 3 N–H and O–H groups in total. The molecule has 0 fully saturated rings. The number of nitrogens with two attached hydrogens (primary N) is 1. The Morgan fingerprint density at radius 1 is 1.10 bits per heavy atom. The molecule has 1 aromatic heterocycles. The molecule has 0 saturated carbocycles. The van der Waals surface area contributed by atoms with Crippen LogP contribution in [0.25, 0.3) is 16.6 Å². The van der Waals surface area contributed by atoms with Crippen LogP contribution >= 0.6 is 11.6 Å². The van der Waals surface area contributed by atoms with Crippen molar-refractivity contribution < 1.29 is 18.0 Å². The van der Waals surface area contributed by atoms with Gasteiger partial charge in [0.15, 0.2) is 0 Å². The number of anilines is 1. The van der Waals surface area contributed by atoms with Crippen molar-refractivity contribution in [2.75, 3.05) is 5.32 Å². The molecule has 0 aliphatic carbocycles. The summed E-state index contributed by atoms with van der Waals surface area (Å²) in [6.07, 6.45) is -2.87. The first-order valence-electron chi connectivity index (χ1n) is 9.22. The van der Waals surface area contributed by atoms with Gasteiger partial charge in [0.1, 0.15) is 0 Å². The first-order valence-corrected chi connectivity index (χ1v) is 9.60. The highest BCUT2D eigenvalue weighted by molar-refractivity contribution is 6.34. The van der Waals surface area contributed by atoms with Crippen LogP contribution in [0.1, 0.15) is 21.5 Å². The number of alkyl halides is 3. The molecule has 4 aromatic rings. The minimum Gasteiger partial charge on any atom is -0.326 e. The van der Waals surface area contributed by atoms with Crippen LogP contribution in [0.2, 0.25) is 5.02 Å². The molecular weight excluding hydrogens is 429 g/mol. The van der Waals surface area contributed by atoms with E-state index in [1.165, 1.54) is 16.8 Å². The molecule has 9 heteroatoms. The second-order valence-corrected chi connectivity index (χ2v) is 7.22. The standard InChI is InChI=1S/C22H16ClF3N4O/c23-18-9-4-13(11-27)10-16(18)21(31)29-19-2-1-3-20-17(19)12-28-30(20)15-7-5-14(6-8-15)22(24,25)26/h1-10,12H,11,27H2,(H,29,31). The van der Waals surface area contributed by atoms with E-state index >= 15 is 0 Å². The van der Waals surface area contributed by atoms with Crippen molar-refractivity contribution in [2.24, 2.45) is 5.73 Å². The number of benzene rings is 3. The molecule has 1 heterocycles. The van der Waals surface area contributed by atoms with E-state index < -0.39 is 17.6 Å². The number of fused-ring (bicyclic) bond motifs is 1. The van der Waals surface area contributed by atoms with Crippen LogP contribution < -0.4 is 11.1 Å². The third-order valence-corrected chi connectivity index (χ3v) is 5.14. The highest BCUT2D eigenvalue weighted by Crippen LogP contribution is 2.31. The van der Waals surface area contributed by atoms with Gasteiger partial charge in [-0.15, -0.1) is 0 Å². The van der Waals surface area contributed by atoms with Gasteiger partial charge in [-0.3, -0.25) is 4.79 Å². The van der Waals surface area contributed by atoms with Crippen LogP contribution in [0.15, 0.2) is 66.9 Å². The average molecular weight is 445 g/mol. The topological polar surface area (TPSA) is 72.9 Å². The van der Waals surface area contributed by atoms with Gasteiger partial charge in [-0.2, -0.15) is 18.3 Å². The van der Waals surface area contributed by atoms with Gasteiger partial charge in [0.05, 0.1) is 39.2 Å². The number of amides is 1. The van der Waals surface area contributed by atoms with Gasteiger partial charge in [0, 0.05) is 11.9 Å². The fraction of sp³-hybridized carbons (Fsp3) is 0.0909. The van der Waals surface area contributed by atoms with Gasteiger partial charge in [0.25, 0.3) is 5.91 Å². The van der Waals surface area contributed by atoms with Crippen molar-refractivity contribution in [3.63, 3.8) is 0 Å². The van der Waals surface area contributed by atoms with Crippen molar-refractivity contribution >= 4 is 34.1 Å². The molecule has 5 nitrogen and oxygen atoms in total. The first-order chi connectivity index (χ1) is 14.8. The predicted molar refractivity (Wildman–Crippen MR) is 113 cm³/mol. The zero-order valence-electron chi connectivity index (χ0n) is 15.9. The summed E-state index contributed by atoms with van der Waals surface area (Å²) in [6, 6.07) is 14.9. The number of aromatic nitrogens is 2. The summed E-state index contributed by atoms with van der Waals surface area (Å²) >= 11 is 6.16. The minimum atomic E-state index is -4.41. The Morgan fingerprint density at radius 2 is 1.84 bits per heavy atom. The summed E-state index contributed by atoms with van der Waals surface area (Å²) in [7, 11) is 0. The zero-order chi connectivity index (χ0) is 22.2. The van der Waals surface area contributed by atoms with Gasteiger partial charge in [0.2, 0.25) is 0 Å². The highest BCUT2D eigenvalue weighted by atomic mass is 35.5. The average Bonchev–Trinajstić information content (AvgIpc) is 3.19. The molecule has 3 aromatic carbocycles. The van der Waals surface area contributed by atoms with Gasteiger partial charge >= 0.3 is 6.18 Å². The monoisotopic (exact) mass is 444 g/mol. The molecule has 31 heavy (non-hydrogen) atoms. The maximum Gasteiger partial charge on any atom is 0.416 e. The number of carbonyl (C=O) groups excluding carboxylic acids is 1. The van der Waals surface area contributed by atoms with Crippen LogP contribution in [-0.2, 0) is 12.7 Å². The minimum absolute atomic E-state index is 0.271. The molecule has 0 saturated heterocycles. The molecule has 158 valence electrons. The number of carbonyl (C=O) groups is 1. The maximum atomic E-state index is 12.8. The SMILES string of the molecule is NCc1ccc(Cl)c(C(=O)Nc2cccc3c2cnn3-c2ccc(C(F)(F)F)cc2)c1. The Balaban J connectivity index is 1.67. The van der Waals surface area contributed by atoms with Crippen LogP contribution in [0.5, 0.6) is 0 Å². The van der Waals surface area contributed by atoms with E-state index in [2.05, 4.69) is 10.4 Å². The van der Waals surface area contributed by atoms with Gasteiger partial charge in [-0.25, -0.2) is 4.68 Å². The fourth-order valence-electron chi connectivity index (χ4n) is 3.22. The largest absolute Gasteiger partial charge is 0.416 e. The lowest BCUT2D eigenvalue weighted by molar-refractivity contribution is -0.137. The van der Waals surface area contributed by atoms with Crippen LogP contribution in [0, 0.1) is 0 Å². The number of rotatable bonds is 4. The van der Waals surface area contributed by atoms with Crippen molar-refractivity contribution in [1.82, 2.24) is 9.78 Å². The lowest BCUT2D eigenvalue weighted by Crippen LogP contribution is -2.13. The Hall–Kier alpha value is -3.36. The Labute approximate surface area is 180 Å². The molecule has 0 radical (unpaired) electrons. The zero-order valence-corrected chi connectivity index (χ0v) is 16.7. The highest BCUT2D eigenvalue weighted by Gasteiger charge is 2.30. The summed E-state index contributed by atoms with van der Waals surface area (Å²) in [5.41, 5.74) is 7.54. The molecule has 0 aliphatic heterocycles. The van der Waals surface area contributed by atoms with Crippen LogP contribution in [0.3, 0.4) is 0 Å². The molecule has 0 unspecified atom stereocenters. The summed E-state index contributed by atoms with van der Waals surface area (Å²) < 4.78 is 40.0. The van der Waals surface area contributed by atoms with Crippen molar-refractivity contribution in [3.8, 4) is 5.69 Å². The molecule has 1 amide bonds. The number of halogens is 4. The summed E-state index contributed by atoms with van der Waals surface area (Å²) in [5, 5.41) is 8.03. The second-order valence-electron chi connectivity index (χ2n) is 6.81. The van der Waals surface area contributed by atoms with E-state index in [1.54, 1.807) is 42.6 Å². The third-order valence-electron chi connectivity index (χ3n) is 4.81. The molecule has 0 atom stereocenters. The lowest BCUT2D eigenvalue weighted by atomic mass is 10.1. The van der Waals surface area contributed by atoms with E-state index in [1.807, 2.05) is 0 Å². The van der Waals surface area contributed by atoms with Crippen LogP contribution in [0.4, 0.5) is 18.9 Å². The quantitative estimate of drug-likeness (QED) is 0.442. The molecule has 4 rings (SSSR count). The second kappa shape index (κ2) is 8.05. The maximum absolute atomic E-state index is 12.8. The number of nitrogens with zero attached hydrogens (tertiary/aromatic N) is 2. The van der Waals surface area contributed by atoms with Gasteiger partial charge < -0.3 is 11.1 Å².